The fourth-order valence-electron chi connectivity index (χ4n) is 2.81. The first-order valence-corrected chi connectivity index (χ1v) is 8.49. The van der Waals surface area contributed by atoms with Gasteiger partial charge in [0, 0.05) is 5.56 Å². The van der Waals surface area contributed by atoms with Gasteiger partial charge in [-0.2, -0.15) is 0 Å². The monoisotopic (exact) mass is 377 g/mol. The number of methoxy groups -OCH3 is 2. The van der Waals surface area contributed by atoms with Gasteiger partial charge in [-0.05, 0) is 47.5 Å². The lowest BCUT2D eigenvalue weighted by molar-refractivity contribution is 0.0698. The molecule has 0 unspecified atom stereocenters. The van der Waals surface area contributed by atoms with Gasteiger partial charge < -0.3 is 19.9 Å². The molecule has 6 heteroatoms. The Morgan fingerprint density at radius 2 is 1.46 bits per heavy atom. The third-order valence-electron chi connectivity index (χ3n) is 4.25. The summed E-state index contributed by atoms with van der Waals surface area (Å²) < 4.78 is 10.6. The molecule has 0 aromatic heterocycles. The van der Waals surface area contributed by atoms with Crippen LogP contribution in [0.4, 0.5) is 5.69 Å². The highest BCUT2D eigenvalue weighted by molar-refractivity contribution is 6.08. The number of hydrogen-bond donors (Lipinski definition) is 2. The van der Waals surface area contributed by atoms with Gasteiger partial charge in [-0.15, -0.1) is 0 Å². The molecule has 28 heavy (non-hydrogen) atoms. The normalized spacial score (nSPS) is 10.2. The second-order valence-electron chi connectivity index (χ2n) is 5.96. The number of aromatic carboxylic acids is 1. The molecule has 0 aliphatic rings. The molecule has 0 radical (unpaired) electrons. The zero-order chi connectivity index (χ0) is 20.1. The summed E-state index contributed by atoms with van der Waals surface area (Å²) in [5, 5.41) is 12.2. The molecule has 0 heterocycles. The Morgan fingerprint density at radius 1 is 0.821 bits per heavy atom. The second kappa shape index (κ2) is 8.26. The lowest BCUT2D eigenvalue weighted by Crippen LogP contribution is -2.14. The summed E-state index contributed by atoms with van der Waals surface area (Å²) in [6.45, 7) is 0. The van der Waals surface area contributed by atoms with Crippen LogP contribution in [0.25, 0.3) is 11.1 Å². The van der Waals surface area contributed by atoms with Gasteiger partial charge in [-0.1, -0.05) is 30.3 Å². The maximum Gasteiger partial charge on any atom is 0.337 e. The van der Waals surface area contributed by atoms with Crippen LogP contribution in [0.2, 0.25) is 0 Å². The number of hydrogen-bond acceptors (Lipinski definition) is 4. The minimum absolute atomic E-state index is 0.00788. The minimum Gasteiger partial charge on any atom is -0.493 e. The number of amides is 1. The zero-order valence-electron chi connectivity index (χ0n) is 15.4. The van der Waals surface area contributed by atoms with Crippen LogP contribution in [0.1, 0.15) is 20.7 Å². The van der Waals surface area contributed by atoms with E-state index in [1.165, 1.54) is 6.07 Å². The van der Waals surface area contributed by atoms with Crippen molar-refractivity contribution < 1.29 is 24.2 Å². The first-order valence-electron chi connectivity index (χ1n) is 8.49. The molecule has 3 aromatic carbocycles. The van der Waals surface area contributed by atoms with Crippen LogP contribution in [0.15, 0.2) is 66.7 Å². The van der Waals surface area contributed by atoms with Gasteiger partial charge in [0.15, 0.2) is 11.5 Å². The lowest BCUT2D eigenvalue weighted by atomic mass is 10.0. The number of carboxylic acid groups (broad SMARTS) is 1. The summed E-state index contributed by atoms with van der Waals surface area (Å²) in [4.78, 5) is 24.1. The molecular weight excluding hydrogens is 358 g/mol. The van der Waals surface area contributed by atoms with Crippen molar-refractivity contribution in [1.82, 2.24) is 0 Å². The first-order chi connectivity index (χ1) is 13.5. The number of rotatable bonds is 6. The fraction of sp³-hybridized carbons (Fsp3) is 0.0909. The highest BCUT2D eigenvalue weighted by Crippen LogP contribution is 2.34. The SMILES string of the molecule is COc1ccc(-c2ccc(C(=O)O)c(NC(=O)c3ccccc3)c2)cc1OC. The standard InChI is InChI=1S/C22H19NO5/c1-27-19-11-9-16(13-20(19)28-2)15-8-10-17(22(25)26)18(12-15)23-21(24)14-6-4-3-5-7-14/h3-13H,1-2H3,(H,23,24)(H,25,26). The molecule has 0 saturated heterocycles. The number of anilines is 1. The van der Waals surface area contributed by atoms with Crippen molar-refractivity contribution in [2.45, 2.75) is 0 Å². The fourth-order valence-corrected chi connectivity index (χ4v) is 2.81. The van der Waals surface area contributed by atoms with E-state index in [2.05, 4.69) is 5.32 Å². The highest BCUT2D eigenvalue weighted by atomic mass is 16.5. The molecule has 0 spiro atoms. The number of carbonyl (C=O) groups excluding carboxylic acids is 1. The Balaban J connectivity index is 2.00. The van der Waals surface area contributed by atoms with Crippen LogP contribution in [-0.2, 0) is 0 Å². The van der Waals surface area contributed by atoms with Gasteiger partial charge >= 0.3 is 5.97 Å². The Morgan fingerprint density at radius 3 is 2.11 bits per heavy atom. The molecule has 0 atom stereocenters. The van der Waals surface area contributed by atoms with Gasteiger partial charge in [0.2, 0.25) is 0 Å². The minimum atomic E-state index is -1.12. The van der Waals surface area contributed by atoms with Gasteiger partial charge in [-0.25, -0.2) is 4.79 Å². The van der Waals surface area contributed by atoms with Crippen molar-refractivity contribution >= 4 is 17.6 Å². The summed E-state index contributed by atoms with van der Waals surface area (Å²) in [5.41, 5.74) is 2.19. The van der Waals surface area contributed by atoms with E-state index in [0.29, 0.717) is 17.1 Å². The smallest absolute Gasteiger partial charge is 0.337 e. The molecule has 3 aromatic rings. The molecule has 0 bridgehead atoms. The molecule has 2 N–H and O–H groups in total. The molecule has 142 valence electrons. The largest absolute Gasteiger partial charge is 0.493 e. The second-order valence-corrected chi connectivity index (χ2v) is 5.96. The molecular formula is C22H19NO5. The molecule has 0 saturated carbocycles. The van der Waals surface area contributed by atoms with E-state index in [0.717, 1.165) is 11.1 Å². The van der Waals surface area contributed by atoms with Crippen molar-refractivity contribution in [2.24, 2.45) is 0 Å². The molecule has 0 aliphatic carbocycles. The maximum absolute atomic E-state index is 12.5. The summed E-state index contributed by atoms with van der Waals surface area (Å²) in [6.07, 6.45) is 0. The molecule has 0 aliphatic heterocycles. The Labute approximate surface area is 162 Å². The van der Waals surface area contributed by atoms with E-state index >= 15 is 0 Å². The number of carbonyl (C=O) groups is 2. The number of carboxylic acids is 1. The first kappa shape index (κ1) is 19.0. The third kappa shape index (κ3) is 3.96. The number of ether oxygens (including phenoxy) is 2. The van der Waals surface area contributed by atoms with Crippen LogP contribution < -0.4 is 14.8 Å². The van der Waals surface area contributed by atoms with E-state index in [1.807, 2.05) is 6.07 Å². The Kier molecular flexibility index (Phi) is 5.60. The summed E-state index contributed by atoms with van der Waals surface area (Å²) in [5.74, 6) is -0.363. The summed E-state index contributed by atoms with van der Waals surface area (Å²) in [7, 11) is 3.09. The van der Waals surface area contributed by atoms with Gasteiger partial charge in [0.1, 0.15) is 0 Å². The van der Waals surface area contributed by atoms with Crippen LogP contribution in [0, 0.1) is 0 Å². The Bertz CT molecular complexity index is 1010. The number of benzene rings is 3. The van der Waals surface area contributed by atoms with Crippen LogP contribution in [-0.4, -0.2) is 31.2 Å². The van der Waals surface area contributed by atoms with Crippen LogP contribution in [0.3, 0.4) is 0 Å². The van der Waals surface area contributed by atoms with Crippen molar-refractivity contribution in [2.75, 3.05) is 19.5 Å². The molecule has 6 nitrogen and oxygen atoms in total. The summed E-state index contributed by atoms with van der Waals surface area (Å²) in [6, 6.07) is 18.8. The van der Waals surface area contributed by atoms with Crippen molar-refractivity contribution in [3.05, 3.63) is 77.9 Å². The topological polar surface area (TPSA) is 84.9 Å². The average Bonchev–Trinajstić information content (AvgIpc) is 2.73. The van der Waals surface area contributed by atoms with E-state index < -0.39 is 5.97 Å². The van der Waals surface area contributed by atoms with Crippen molar-refractivity contribution in [1.29, 1.82) is 0 Å². The predicted molar refractivity (Wildman–Crippen MR) is 106 cm³/mol. The summed E-state index contributed by atoms with van der Waals surface area (Å²) >= 11 is 0. The van der Waals surface area contributed by atoms with Gasteiger partial charge in [0.25, 0.3) is 5.91 Å². The maximum atomic E-state index is 12.5. The molecule has 0 fully saturated rings. The van der Waals surface area contributed by atoms with E-state index in [9.17, 15) is 14.7 Å². The van der Waals surface area contributed by atoms with E-state index in [-0.39, 0.29) is 17.2 Å². The highest BCUT2D eigenvalue weighted by Gasteiger charge is 2.15. The molecule has 3 rings (SSSR count). The molecule has 1 amide bonds. The predicted octanol–water partition coefficient (Wildman–Crippen LogP) is 4.32. The van der Waals surface area contributed by atoms with Crippen LogP contribution in [0.5, 0.6) is 11.5 Å². The van der Waals surface area contributed by atoms with Crippen molar-refractivity contribution in [3.63, 3.8) is 0 Å². The van der Waals surface area contributed by atoms with Gasteiger partial charge in [-0.3, -0.25) is 4.79 Å². The van der Waals surface area contributed by atoms with Crippen molar-refractivity contribution in [3.8, 4) is 22.6 Å². The zero-order valence-corrected chi connectivity index (χ0v) is 15.4. The lowest BCUT2D eigenvalue weighted by Gasteiger charge is -2.13. The third-order valence-corrected chi connectivity index (χ3v) is 4.25. The number of nitrogens with one attached hydrogen (secondary N) is 1. The van der Waals surface area contributed by atoms with Crippen LogP contribution >= 0.6 is 0 Å². The quantitative estimate of drug-likeness (QED) is 0.668. The van der Waals surface area contributed by atoms with Gasteiger partial charge in [0.05, 0.1) is 25.5 Å². The average molecular weight is 377 g/mol. The van der Waals surface area contributed by atoms with E-state index in [4.69, 9.17) is 9.47 Å². The van der Waals surface area contributed by atoms with E-state index in [1.54, 1.807) is 68.8 Å². The Hall–Kier alpha value is -3.80.